The summed E-state index contributed by atoms with van der Waals surface area (Å²) in [6.07, 6.45) is 2.54. The number of sulfonamides is 1. The van der Waals surface area contributed by atoms with Gasteiger partial charge in [0.25, 0.3) is 10.0 Å². The quantitative estimate of drug-likeness (QED) is 0.886. The molecule has 0 radical (unpaired) electrons. The largest absolute Gasteiger partial charge is 0.357 e. The highest BCUT2D eigenvalue weighted by atomic mass is 32.2. The maximum Gasteiger partial charge on any atom is 0.264 e. The van der Waals surface area contributed by atoms with Gasteiger partial charge >= 0.3 is 0 Å². The van der Waals surface area contributed by atoms with Crippen LogP contribution in [-0.2, 0) is 10.0 Å². The Hall–Kier alpha value is -2.15. The molecule has 2 N–H and O–H groups in total. The van der Waals surface area contributed by atoms with E-state index in [0.29, 0.717) is 17.6 Å². The highest BCUT2D eigenvalue weighted by Crippen LogP contribution is 2.19. The van der Waals surface area contributed by atoms with Crippen molar-refractivity contribution < 1.29 is 8.42 Å². The first kappa shape index (κ1) is 15.2. The Bertz CT molecular complexity index is 695. The van der Waals surface area contributed by atoms with E-state index in [4.69, 9.17) is 0 Å². The van der Waals surface area contributed by atoms with Crippen LogP contribution >= 0.6 is 0 Å². The van der Waals surface area contributed by atoms with Crippen molar-refractivity contribution >= 4 is 21.7 Å². The molecule has 2 rings (SSSR count). The fourth-order valence-electron chi connectivity index (χ4n) is 1.73. The van der Waals surface area contributed by atoms with E-state index in [-0.39, 0.29) is 4.90 Å². The van der Waals surface area contributed by atoms with Gasteiger partial charge in [-0.15, -0.1) is 0 Å². The Morgan fingerprint density at radius 3 is 2.10 bits per heavy atom. The Morgan fingerprint density at radius 1 is 1.05 bits per heavy atom. The van der Waals surface area contributed by atoms with Crippen LogP contribution in [0.15, 0.2) is 41.6 Å². The minimum atomic E-state index is -3.67. The molecular formula is C14H18N4O2S. The smallest absolute Gasteiger partial charge is 0.264 e. The van der Waals surface area contributed by atoms with Gasteiger partial charge in [-0.2, -0.15) is 0 Å². The van der Waals surface area contributed by atoms with Gasteiger partial charge in [0, 0.05) is 12.7 Å². The average molecular weight is 306 g/mol. The second kappa shape index (κ2) is 6.09. The molecule has 1 aromatic carbocycles. The second-order valence-corrected chi connectivity index (χ2v) is 6.56. The lowest BCUT2D eigenvalue weighted by atomic mass is 10.0. The minimum Gasteiger partial charge on any atom is -0.357 e. The third kappa shape index (κ3) is 3.69. The predicted molar refractivity (Wildman–Crippen MR) is 82.9 cm³/mol. The number of benzene rings is 1. The number of hydrogen-bond acceptors (Lipinski definition) is 5. The number of rotatable bonds is 5. The summed E-state index contributed by atoms with van der Waals surface area (Å²) < 4.78 is 26.9. The minimum absolute atomic E-state index is 0.0226. The maximum atomic E-state index is 12.2. The Labute approximate surface area is 124 Å². The molecule has 6 nitrogen and oxygen atoms in total. The van der Waals surface area contributed by atoms with Gasteiger partial charge < -0.3 is 5.32 Å². The van der Waals surface area contributed by atoms with Crippen molar-refractivity contribution in [1.29, 1.82) is 0 Å². The predicted octanol–water partition coefficient (Wildman–Crippen LogP) is 2.44. The van der Waals surface area contributed by atoms with Crippen molar-refractivity contribution in [2.24, 2.45) is 0 Å². The van der Waals surface area contributed by atoms with Crippen LogP contribution in [0.5, 0.6) is 0 Å². The van der Waals surface area contributed by atoms with Crippen LogP contribution in [0.3, 0.4) is 0 Å². The molecule has 1 heterocycles. The highest BCUT2D eigenvalue weighted by molar-refractivity contribution is 7.92. The molecule has 0 atom stereocenters. The third-order valence-corrected chi connectivity index (χ3v) is 4.33. The summed E-state index contributed by atoms with van der Waals surface area (Å²) in [5, 5.41) is 2.73. The monoisotopic (exact) mass is 306 g/mol. The molecule has 0 aliphatic heterocycles. The highest BCUT2D eigenvalue weighted by Gasteiger charge is 2.15. The molecule has 0 amide bonds. The van der Waals surface area contributed by atoms with Gasteiger partial charge in [0.1, 0.15) is 4.90 Å². The summed E-state index contributed by atoms with van der Waals surface area (Å²) in [5.74, 6) is 0.772. The van der Waals surface area contributed by atoms with Crippen LogP contribution in [0.25, 0.3) is 0 Å². The SMILES string of the molecule is CNc1ncc(S(=O)(=O)Nc2ccc(C(C)C)cc2)cn1. The van der Waals surface area contributed by atoms with E-state index < -0.39 is 10.0 Å². The van der Waals surface area contributed by atoms with Gasteiger partial charge in [-0.05, 0) is 23.6 Å². The second-order valence-electron chi connectivity index (χ2n) is 4.87. The van der Waals surface area contributed by atoms with Crippen LogP contribution in [0, 0.1) is 0 Å². The molecule has 21 heavy (non-hydrogen) atoms. The topological polar surface area (TPSA) is 84.0 Å². The Kier molecular flexibility index (Phi) is 4.42. The van der Waals surface area contributed by atoms with Gasteiger partial charge in [0.05, 0.1) is 12.4 Å². The van der Waals surface area contributed by atoms with Crippen molar-refractivity contribution in [2.75, 3.05) is 17.1 Å². The summed E-state index contributed by atoms with van der Waals surface area (Å²) in [6, 6.07) is 7.30. The summed E-state index contributed by atoms with van der Waals surface area (Å²) >= 11 is 0. The van der Waals surface area contributed by atoms with Gasteiger partial charge in [-0.3, -0.25) is 4.72 Å². The third-order valence-electron chi connectivity index (χ3n) is 2.99. The van der Waals surface area contributed by atoms with E-state index in [1.165, 1.54) is 12.4 Å². The first-order chi connectivity index (χ1) is 9.92. The lowest BCUT2D eigenvalue weighted by molar-refractivity contribution is 0.600. The van der Waals surface area contributed by atoms with Gasteiger partial charge in [-0.25, -0.2) is 18.4 Å². The van der Waals surface area contributed by atoms with Crippen molar-refractivity contribution in [3.8, 4) is 0 Å². The number of nitrogens with one attached hydrogen (secondary N) is 2. The molecule has 7 heteroatoms. The van der Waals surface area contributed by atoms with Gasteiger partial charge in [0.15, 0.2) is 0 Å². The van der Waals surface area contributed by atoms with E-state index in [0.717, 1.165) is 5.56 Å². The molecular weight excluding hydrogens is 288 g/mol. The van der Waals surface area contributed by atoms with Crippen LogP contribution in [0.2, 0.25) is 0 Å². The molecule has 0 aliphatic carbocycles. The van der Waals surface area contributed by atoms with Crippen molar-refractivity contribution in [2.45, 2.75) is 24.7 Å². The molecule has 0 aliphatic rings. The first-order valence-electron chi connectivity index (χ1n) is 6.55. The average Bonchev–Trinajstić information content (AvgIpc) is 2.47. The summed E-state index contributed by atoms with van der Waals surface area (Å²) in [7, 11) is -2.01. The van der Waals surface area contributed by atoms with Crippen molar-refractivity contribution in [1.82, 2.24) is 9.97 Å². The molecule has 2 aromatic rings. The maximum absolute atomic E-state index is 12.2. The molecule has 0 unspecified atom stereocenters. The number of anilines is 2. The molecule has 0 saturated heterocycles. The van der Waals surface area contributed by atoms with E-state index in [2.05, 4.69) is 33.9 Å². The molecule has 0 spiro atoms. The molecule has 0 saturated carbocycles. The summed E-state index contributed by atoms with van der Waals surface area (Å²) in [6.45, 7) is 4.17. The van der Waals surface area contributed by atoms with Crippen LogP contribution in [-0.4, -0.2) is 25.4 Å². The van der Waals surface area contributed by atoms with E-state index in [1.807, 2.05) is 12.1 Å². The van der Waals surface area contributed by atoms with E-state index in [9.17, 15) is 8.42 Å². The number of aromatic nitrogens is 2. The lowest BCUT2D eigenvalue weighted by Crippen LogP contribution is -2.14. The zero-order valence-electron chi connectivity index (χ0n) is 12.2. The standard InChI is InChI=1S/C14H18N4O2S/c1-10(2)11-4-6-12(7-5-11)18-21(19,20)13-8-16-14(15-3)17-9-13/h4-10,18H,1-3H3,(H,15,16,17). The molecule has 0 bridgehead atoms. The normalized spacial score (nSPS) is 11.4. The fraction of sp³-hybridized carbons (Fsp3) is 0.286. The summed E-state index contributed by atoms with van der Waals surface area (Å²) in [5.41, 5.74) is 1.66. The zero-order chi connectivity index (χ0) is 15.5. The van der Waals surface area contributed by atoms with E-state index >= 15 is 0 Å². The Balaban J connectivity index is 2.19. The molecule has 0 fully saturated rings. The Morgan fingerprint density at radius 2 is 1.62 bits per heavy atom. The van der Waals surface area contributed by atoms with Crippen molar-refractivity contribution in [3.05, 3.63) is 42.2 Å². The van der Waals surface area contributed by atoms with Crippen LogP contribution in [0.4, 0.5) is 11.6 Å². The number of nitrogens with zero attached hydrogens (tertiary/aromatic N) is 2. The van der Waals surface area contributed by atoms with Crippen LogP contribution in [0.1, 0.15) is 25.3 Å². The van der Waals surface area contributed by atoms with Gasteiger partial charge in [0.2, 0.25) is 5.95 Å². The van der Waals surface area contributed by atoms with Crippen molar-refractivity contribution in [3.63, 3.8) is 0 Å². The molecule has 1 aromatic heterocycles. The van der Waals surface area contributed by atoms with Crippen LogP contribution < -0.4 is 10.0 Å². The first-order valence-corrected chi connectivity index (χ1v) is 8.03. The lowest BCUT2D eigenvalue weighted by Gasteiger charge is -2.10. The molecule has 112 valence electrons. The van der Waals surface area contributed by atoms with E-state index in [1.54, 1.807) is 19.2 Å². The fourth-order valence-corrected chi connectivity index (χ4v) is 2.68. The number of hydrogen-bond donors (Lipinski definition) is 2. The summed E-state index contributed by atoms with van der Waals surface area (Å²) in [4.78, 5) is 7.82. The zero-order valence-corrected chi connectivity index (χ0v) is 13.0. The van der Waals surface area contributed by atoms with Gasteiger partial charge in [-0.1, -0.05) is 26.0 Å².